The average molecular weight is 863 g/mol. The van der Waals surface area contributed by atoms with Crippen molar-refractivity contribution in [3.8, 4) is 28.2 Å². The average Bonchev–Trinajstić information content (AvgIpc) is 3.65. The predicted octanol–water partition coefficient (Wildman–Crippen LogP) is 4.00. The maximum atomic E-state index is 13.2. The van der Waals surface area contributed by atoms with Gasteiger partial charge in [-0.15, -0.1) is 0 Å². The number of carboxylic acid groups (broad SMARTS) is 1. The summed E-state index contributed by atoms with van der Waals surface area (Å²) in [6.07, 6.45) is 4.13. The van der Waals surface area contributed by atoms with Crippen LogP contribution in [0.4, 0.5) is 0 Å². The van der Waals surface area contributed by atoms with Crippen molar-refractivity contribution in [2.75, 3.05) is 33.9 Å². The summed E-state index contributed by atoms with van der Waals surface area (Å²) < 4.78 is 39.2. The number of fused-ring (bicyclic) bond motifs is 2. The summed E-state index contributed by atoms with van der Waals surface area (Å²) in [5, 5.41) is 26.2. The van der Waals surface area contributed by atoms with Crippen LogP contribution in [0.5, 0.6) is 5.75 Å². The molecule has 1 aromatic heterocycles. The number of hydrogen-bond donors (Lipinski definition) is 6. The number of carbonyl (C=O) groups is 3. The predicted molar refractivity (Wildman–Crippen MR) is 219 cm³/mol. The Morgan fingerprint density at radius 1 is 0.967 bits per heavy atom. The monoisotopic (exact) mass is 862 g/mol. The fourth-order valence-electron chi connectivity index (χ4n) is 6.89. The third kappa shape index (κ3) is 10.8. The van der Waals surface area contributed by atoms with Crippen LogP contribution in [0.15, 0.2) is 85.7 Å². The number of ether oxygens (including phenoxy) is 2. The molecule has 2 aliphatic heterocycles. The summed E-state index contributed by atoms with van der Waals surface area (Å²) in [6.45, 7) is 0.294. The van der Waals surface area contributed by atoms with Crippen LogP contribution in [0.3, 0.4) is 0 Å². The van der Waals surface area contributed by atoms with Gasteiger partial charge in [-0.25, -0.2) is 14.2 Å². The van der Waals surface area contributed by atoms with Crippen molar-refractivity contribution < 1.29 is 57.0 Å². The van der Waals surface area contributed by atoms with Crippen molar-refractivity contribution in [1.82, 2.24) is 20.2 Å². The van der Waals surface area contributed by atoms with Crippen molar-refractivity contribution in [2.45, 2.75) is 50.5 Å². The Labute approximate surface area is 346 Å². The first kappa shape index (κ1) is 44.3. The van der Waals surface area contributed by atoms with Gasteiger partial charge in [-0.3, -0.25) is 37.8 Å². The van der Waals surface area contributed by atoms with Gasteiger partial charge in [-0.1, -0.05) is 12.8 Å². The van der Waals surface area contributed by atoms with Crippen LogP contribution in [-0.2, 0) is 27.9 Å². The normalized spacial score (nSPS) is 17.5. The summed E-state index contributed by atoms with van der Waals surface area (Å²) in [6, 6.07) is 12.7. The number of phenolic OH excluding ortho intramolecular Hbond substituents is 1. The van der Waals surface area contributed by atoms with Crippen LogP contribution >= 0.6 is 7.82 Å². The van der Waals surface area contributed by atoms with E-state index in [1.165, 1.54) is 67.9 Å². The van der Waals surface area contributed by atoms with Gasteiger partial charge in [-0.2, -0.15) is 0 Å². The Hall–Kier alpha value is -6.21. The SMILES string of the molecule is COC1CC(n2cc(C=CC(=O)NCCCCCCNC(=O)c3ccc(C(=O)O)c(-c4c5ccc(=O)cc-5oc5cc(O)ccc45)c3)c(=O)[nH]c2=O)OC1COP(=O)(O)OC. The number of rotatable bonds is 18. The molecule has 20 heteroatoms. The number of hydrogen-bond acceptors (Lipinski definition) is 13. The lowest BCUT2D eigenvalue weighted by Gasteiger charge is -2.18. The second kappa shape index (κ2) is 19.4. The first-order valence-corrected chi connectivity index (χ1v) is 20.6. The van der Waals surface area contributed by atoms with Gasteiger partial charge in [0.25, 0.3) is 11.5 Å². The second-order valence-corrected chi connectivity index (χ2v) is 15.6. The highest BCUT2D eigenvalue weighted by atomic mass is 31.2. The highest BCUT2D eigenvalue weighted by Crippen LogP contribution is 2.44. The second-order valence-electron chi connectivity index (χ2n) is 14.0. The number of amides is 2. The smallest absolute Gasteiger partial charge is 0.472 e. The molecule has 0 bridgehead atoms. The topological polar surface area (TPSA) is 275 Å². The van der Waals surface area contributed by atoms with Gasteiger partial charge in [0.05, 0.1) is 23.8 Å². The number of phenols is 1. The zero-order valence-electron chi connectivity index (χ0n) is 33.0. The molecule has 4 atom stereocenters. The lowest BCUT2D eigenvalue weighted by atomic mass is 9.89. The van der Waals surface area contributed by atoms with E-state index >= 15 is 0 Å². The highest BCUT2D eigenvalue weighted by molar-refractivity contribution is 7.47. The largest absolute Gasteiger partial charge is 0.508 e. The van der Waals surface area contributed by atoms with Gasteiger partial charge in [0.2, 0.25) is 5.91 Å². The molecule has 2 aromatic carbocycles. The fourth-order valence-corrected chi connectivity index (χ4v) is 7.34. The minimum absolute atomic E-state index is 0.000395. The summed E-state index contributed by atoms with van der Waals surface area (Å²) in [4.78, 5) is 87.1. The number of aromatic amines is 1. The maximum Gasteiger partial charge on any atom is 0.472 e. The molecule has 1 fully saturated rings. The van der Waals surface area contributed by atoms with E-state index < -0.39 is 55.3 Å². The number of nitrogens with zero attached hydrogens (tertiary/aromatic N) is 1. The van der Waals surface area contributed by atoms with Gasteiger partial charge in [0.15, 0.2) is 5.43 Å². The van der Waals surface area contributed by atoms with Crippen LogP contribution in [-0.4, -0.2) is 88.6 Å². The lowest BCUT2D eigenvalue weighted by Crippen LogP contribution is -2.33. The third-order valence-corrected chi connectivity index (χ3v) is 10.9. The van der Waals surface area contributed by atoms with E-state index in [1.54, 1.807) is 6.07 Å². The van der Waals surface area contributed by atoms with Crippen LogP contribution in [0.1, 0.15) is 64.6 Å². The number of methoxy groups -OCH3 is 1. The Morgan fingerprint density at radius 3 is 2.44 bits per heavy atom. The first-order valence-electron chi connectivity index (χ1n) is 19.1. The molecule has 61 heavy (non-hydrogen) atoms. The first-order chi connectivity index (χ1) is 29.2. The van der Waals surface area contributed by atoms with Gasteiger partial charge in [0, 0.05) is 80.2 Å². The molecular formula is C41H43N4O15P. The maximum absolute atomic E-state index is 13.2. The van der Waals surface area contributed by atoms with Crippen LogP contribution < -0.4 is 27.3 Å². The minimum atomic E-state index is -4.29. The zero-order chi connectivity index (χ0) is 43.8. The number of nitrogens with one attached hydrogen (secondary N) is 3. The molecule has 1 aliphatic carbocycles. The van der Waals surface area contributed by atoms with E-state index in [9.17, 15) is 48.4 Å². The van der Waals surface area contributed by atoms with Gasteiger partial charge in [0.1, 0.15) is 29.4 Å². The van der Waals surface area contributed by atoms with Crippen molar-refractivity contribution in [2.24, 2.45) is 0 Å². The van der Waals surface area contributed by atoms with Crippen molar-refractivity contribution in [1.29, 1.82) is 0 Å². The molecule has 2 amide bonds. The minimum Gasteiger partial charge on any atom is -0.508 e. The van der Waals surface area contributed by atoms with Crippen LogP contribution in [0, 0.1) is 0 Å². The van der Waals surface area contributed by atoms with E-state index in [0.29, 0.717) is 42.4 Å². The molecule has 19 nitrogen and oxygen atoms in total. The number of phosphoric ester groups is 1. The van der Waals surface area contributed by atoms with Gasteiger partial charge >= 0.3 is 19.5 Å². The molecule has 0 radical (unpaired) electrons. The Balaban J connectivity index is 0.986. The Bertz CT molecular complexity index is 2670. The summed E-state index contributed by atoms with van der Waals surface area (Å²) in [7, 11) is -1.87. The molecule has 0 spiro atoms. The molecule has 322 valence electrons. The van der Waals surface area contributed by atoms with Crippen LogP contribution in [0.2, 0.25) is 0 Å². The molecule has 1 saturated heterocycles. The number of benzene rings is 3. The number of aromatic nitrogens is 2. The molecule has 6 N–H and O–H groups in total. The number of aromatic carboxylic acids is 1. The number of aromatic hydroxyl groups is 1. The van der Waals surface area contributed by atoms with E-state index in [-0.39, 0.29) is 57.8 Å². The summed E-state index contributed by atoms with van der Waals surface area (Å²) in [5.74, 6) is -2.03. The van der Waals surface area contributed by atoms with Gasteiger partial charge < -0.3 is 39.6 Å². The number of carbonyl (C=O) groups excluding carboxylic acids is 2. The molecule has 3 aliphatic rings. The van der Waals surface area contributed by atoms with Crippen LogP contribution in [0.25, 0.3) is 39.5 Å². The standard InChI is InChI=1S/C41H43N4O15P/c1-56-33-20-36(60-34(33)22-58-61(54,55)57-2)45-21-24(39(50)44-41(45)53)8-14-35(48)42-15-5-3-4-6-16-43-38(49)23-7-11-27(40(51)52)30(17-23)37-28-12-9-25(46)18-31(28)59-32-19-26(47)10-13-29(32)37/h7-14,17-19,21,33-34,36,46H,3-6,15-16,20,22H2,1-2H3,(H,42,48)(H,43,49)(H,51,52)(H,54,55)(H,44,50,53). The number of unbranched alkanes of at least 4 members (excludes halogenated alkanes) is 3. The zero-order valence-corrected chi connectivity index (χ0v) is 33.8. The molecule has 4 unspecified atom stereocenters. The van der Waals surface area contributed by atoms with E-state index in [4.69, 9.17) is 18.4 Å². The number of phosphoric acid groups is 1. The van der Waals surface area contributed by atoms with Crippen molar-refractivity contribution in [3.63, 3.8) is 0 Å². The van der Waals surface area contributed by atoms with E-state index in [2.05, 4.69) is 20.1 Å². The van der Waals surface area contributed by atoms with Gasteiger partial charge in [-0.05, 0) is 66.9 Å². The number of H-pyrrole nitrogens is 1. The quantitative estimate of drug-likeness (QED) is 0.0314. The summed E-state index contributed by atoms with van der Waals surface area (Å²) in [5.41, 5.74) is -0.369. The Kier molecular flexibility index (Phi) is 14.1. The van der Waals surface area contributed by atoms with Crippen molar-refractivity contribution >= 4 is 42.7 Å². The Morgan fingerprint density at radius 2 is 1.72 bits per heavy atom. The molecule has 6 rings (SSSR count). The molecule has 3 heterocycles. The molecule has 3 aromatic rings. The molecule has 0 saturated carbocycles. The number of carboxylic acids is 1. The highest BCUT2D eigenvalue weighted by Gasteiger charge is 2.39. The van der Waals surface area contributed by atoms with E-state index in [1.807, 2.05) is 0 Å². The fraction of sp³-hybridized carbons (Fsp3) is 0.317. The van der Waals surface area contributed by atoms with E-state index in [0.717, 1.165) is 30.6 Å². The van der Waals surface area contributed by atoms with Crippen molar-refractivity contribution in [3.05, 3.63) is 115 Å². The summed E-state index contributed by atoms with van der Waals surface area (Å²) >= 11 is 0. The molecular weight excluding hydrogens is 819 g/mol. The lowest BCUT2D eigenvalue weighted by molar-refractivity contribution is -0.116. The third-order valence-electron chi connectivity index (χ3n) is 9.98.